The van der Waals surface area contributed by atoms with Gasteiger partial charge in [-0.1, -0.05) is 30.8 Å². The lowest BCUT2D eigenvalue weighted by Crippen LogP contribution is -2.24. The maximum Gasteiger partial charge on any atom is 0.330 e. The molecule has 0 aliphatic heterocycles. The molecule has 0 saturated heterocycles. The minimum absolute atomic E-state index is 0.0189. The zero-order valence-corrected chi connectivity index (χ0v) is 8.61. The lowest BCUT2D eigenvalue weighted by Gasteiger charge is -2.23. The number of esters is 1. The van der Waals surface area contributed by atoms with Gasteiger partial charge in [0.15, 0.2) is 0 Å². The maximum absolute atomic E-state index is 11.1. The molecule has 0 spiro atoms. The Hall–Kier alpha value is -1.57. The average Bonchev–Trinajstić information content (AvgIpc) is 2.29. The van der Waals surface area contributed by atoms with Gasteiger partial charge in [0.2, 0.25) is 0 Å². The van der Waals surface area contributed by atoms with Gasteiger partial charge in [-0.3, -0.25) is 0 Å². The molecule has 2 rings (SSSR count). The SMILES string of the molecule is C=CC(=O)OC1CCc2ccccc2C1. The minimum atomic E-state index is -0.320. The molecule has 0 amide bonds. The van der Waals surface area contributed by atoms with Gasteiger partial charge in [0.25, 0.3) is 0 Å². The number of aryl methyl sites for hydroxylation is 1. The molecule has 0 heterocycles. The Morgan fingerprint density at radius 3 is 2.87 bits per heavy atom. The highest BCUT2D eigenvalue weighted by Crippen LogP contribution is 2.22. The second-order valence-corrected chi connectivity index (χ2v) is 3.77. The summed E-state index contributed by atoms with van der Waals surface area (Å²) in [6.07, 6.45) is 3.98. The highest BCUT2D eigenvalue weighted by Gasteiger charge is 2.20. The largest absolute Gasteiger partial charge is 0.459 e. The molecule has 0 N–H and O–H groups in total. The number of hydrogen-bond donors (Lipinski definition) is 0. The van der Waals surface area contributed by atoms with Gasteiger partial charge >= 0.3 is 5.97 Å². The van der Waals surface area contributed by atoms with Gasteiger partial charge < -0.3 is 4.74 Å². The van der Waals surface area contributed by atoms with E-state index < -0.39 is 0 Å². The summed E-state index contributed by atoms with van der Waals surface area (Å²) in [5.41, 5.74) is 2.68. The van der Waals surface area contributed by atoms with Crippen molar-refractivity contribution in [2.75, 3.05) is 0 Å². The number of carbonyl (C=O) groups is 1. The van der Waals surface area contributed by atoms with Gasteiger partial charge in [-0.25, -0.2) is 4.79 Å². The zero-order chi connectivity index (χ0) is 10.7. The third-order valence-corrected chi connectivity index (χ3v) is 2.75. The molecular formula is C13H14O2. The molecular weight excluding hydrogens is 188 g/mol. The molecule has 1 atom stereocenters. The van der Waals surface area contributed by atoms with E-state index in [1.54, 1.807) is 0 Å². The molecule has 78 valence electrons. The average molecular weight is 202 g/mol. The van der Waals surface area contributed by atoms with Gasteiger partial charge in [0.05, 0.1) is 0 Å². The molecule has 2 heteroatoms. The van der Waals surface area contributed by atoms with Crippen LogP contribution in [0.15, 0.2) is 36.9 Å². The van der Waals surface area contributed by atoms with E-state index in [0.29, 0.717) is 0 Å². The van der Waals surface area contributed by atoms with Gasteiger partial charge in [0, 0.05) is 12.5 Å². The van der Waals surface area contributed by atoms with E-state index in [1.807, 2.05) is 6.07 Å². The van der Waals surface area contributed by atoms with Crippen molar-refractivity contribution in [3.63, 3.8) is 0 Å². The lowest BCUT2D eigenvalue weighted by atomic mass is 9.90. The molecule has 1 aliphatic carbocycles. The standard InChI is InChI=1S/C13H14O2/c1-2-13(14)15-12-8-7-10-5-3-4-6-11(10)9-12/h2-6,12H,1,7-9H2. The monoisotopic (exact) mass is 202 g/mol. The summed E-state index contributed by atoms with van der Waals surface area (Å²) in [7, 11) is 0. The summed E-state index contributed by atoms with van der Waals surface area (Å²) in [6, 6.07) is 8.32. The van der Waals surface area contributed by atoms with Crippen LogP contribution in [0.5, 0.6) is 0 Å². The topological polar surface area (TPSA) is 26.3 Å². The summed E-state index contributed by atoms with van der Waals surface area (Å²) in [6.45, 7) is 3.40. The second-order valence-electron chi connectivity index (χ2n) is 3.77. The predicted octanol–water partition coefficient (Wildman–Crippen LogP) is 2.27. The van der Waals surface area contributed by atoms with Crippen LogP contribution in [-0.2, 0) is 22.4 Å². The first-order valence-corrected chi connectivity index (χ1v) is 5.19. The fourth-order valence-electron chi connectivity index (χ4n) is 1.98. The molecule has 0 radical (unpaired) electrons. The molecule has 0 bridgehead atoms. The molecule has 2 nitrogen and oxygen atoms in total. The van der Waals surface area contributed by atoms with Crippen molar-refractivity contribution in [2.45, 2.75) is 25.4 Å². The van der Waals surface area contributed by atoms with Gasteiger partial charge in [-0.05, 0) is 24.0 Å². The highest BCUT2D eigenvalue weighted by molar-refractivity contribution is 5.81. The van der Waals surface area contributed by atoms with E-state index in [2.05, 4.69) is 24.8 Å². The second kappa shape index (κ2) is 4.30. The normalized spacial score (nSPS) is 19.1. The summed E-state index contributed by atoms with van der Waals surface area (Å²) in [5, 5.41) is 0. The quantitative estimate of drug-likeness (QED) is 0.543. The fraction of sp³-hybridized carbons (Fsp3) is 0.308. The van der Waals surface area contributed by atoms with Crippen molar-refractivity contribution in [1.29, 1.82) is 0 Å². The van der Waals surface area contributed by atoms with Crippen LogP contribution in [0.4, 0.5) is 0 Å². The third-order valence-electron chi connectivity index (χ3n) is 2.75. The molecule has 1 aromatic rings. The Balaban J connectivity index is 2.05. The van der Waals surface area contributed by atoms with Crippen LogP contribution in [0.1, 0.15) is 17.5 Å². The fourth-order valence-corrected chi connectivity index (χ4v) is 1.98. The summed E-state index contributed by atoms with van der Waals surface area (Å²) >= 11 is 0. The number of ether oxygens (including phenoxy) is 1. The molecule has 1 unspecified atom stereocenters. The zero-order valence-electron chi connectivity index (χ0n) is 8.61. The van der Waals surface area contributed by atoms with E-state index >= 15 is 0 Å². The van der Waals surface area contributed by atoms with Crippen LogP contribution in [0, 0.1) is 0 Å². The van der Waals surface area contributed by atoms with Crippen molar-refractivity contribution < 1.29 is 9.53 Å². The Bertz CT molecular complexity index is 382. The van der Waals surface area contributed by atoms with E-state index in [1.165, 1.54) is 17.2 Å². The number of carbonyl (C=O) groups excluding carboxylic acids is 1. The first kappa shape index (κ1) is 9.97. The van der Waals surface area contributed by atoms with Gasteiger partial charge in [-0.2, -0.15) is 0 Å². The predicted molar refractivity (Wildman–Crippen MR) is 58.5 cm³/mol. The first-order chi connectivity index (χ1) is 7.29. The molecule has 0 aromatic heterocycles. The first-order valence-electron chi connectivity index (χ1n) is 5.19. The third kappa shape index (κ3) is 2.27. The molecule has 1 aromatic carbocycles. The highest BCUT2D eigenvalue weighted by atomic mass is 16.5. The Kier molecular flexibility index (Phi) is 2.86. The maximum atomic E-state index is 11.1. The number of hydrogen-bond acceptors (Lipinski definition) is 2. The number of fused-ring (bicyclic) bond motifs is 1. The van der Waals surface area contributed by atoms with Crippen LogP contribution >= 0.6 is 0 Å². The number of rotatable bonds is 2. The number of benzene rings is 1. The van der Waals surface area contributed by atoms with E-state index in [0.717, 1.165) is 19.3 Å². The van der Waals surface area contributed by atoms with Crippen LogP contribution < -0.4 is 0 Å². The van der Waals surface area contributed by atoms with E-state index in [-0.39, 0.29) is 12.1 Å². The van der Waals surface area contributed by atoms with E-state index in [9.17, 15) is 4.79 Å². The van der Waals surface area contributed by atoms with Crippen LogP contribution in [0.3, 0.4) is 0 Å². The summed E-state index contributed by atoms with van der Waals surface area (Å²) < 4.78 is 5.24. The Labute approximate surface area is 89.6 Å². The molecule has 1 aliphatic rings. The van der Waals surface area contributed by atoms with Crippen LogP contribution in [-0.4, -0.2) is 12.1 Å². The smallest absolute Gasteiger partial charge is 0.330 e. The summed E-state index contributed by atoms with van der Waals surface area (Å²) in [4.78, 5) is 11.1. The van der Waals surface area contributed by atoms with E-state index in [4.69, 9.17) is 4.74 Å². The van der Waals surface area contributed by atoms with Gasteiger partial charge in [0.1, 0.15) is 6.10 Å². The van der Waals surface area contributed by atoms with Crippen molar-refractivity contribution >= 4 is 5.97 Å². The lowest BCUT2D eigenvalue weighted by molar-refractivity contribution is -0.143. The molecule has 0 fully saturated rings. The minimum Gasteiger partial charge on any atom is -0.459 e. The van der Waals surface area contributed by atoms with Crippen molar-refractivity contribution in [2.24, 2.45) is 0 Å². The molecule has 0 saturated carbocycles. The van der Waals surface area contributed by atoms with Crippen molar-refractivity contribution in [3.05, 3.63) is 48.0 Å². The molecule has 15 heavy (non-hydrogen) atoms. The van der Waals surface area contributed by atoms with Gasteiger partial charge in [-0.15, -0.1) is 0 Å². The Morgan fingerprint density at radius 2 is 2.13 bits per heavy atom. The van der Waals surface area contributed by atoms with Crippen LogP contribution in [0.25, 0.3) is 0 Å². The van der Waals surface area contributed by atoms with Crippen molar-refractivity contribution in [3.8, 4) is 0 Å². The van der Waals surface area contributed by atoms with Crippen LogP contribution in [0.2, 0.25) is 0 Å². The summed E-state index contributed by atoms with van der Waals surface area (Å²) in [5.74, 6) is -0.320. The Morgan fingerprint density at radius 1 is 1.40 bits per heavy atom. The van der Waals surface area contributed by atoms with Crippen molar-refractivity contribution in [1.82, 2.24) is 0 Å².